The van der Waals surface area contributed by atoms with Crippen molar-refractivity contribution >= 4 is 17.9 Å². The van der Waals surface area contributed by atoms with E-state index in [1.165, 1.54) is 276 Å². The summed E-state index contributed by atoms with van der Waals surface area (Å²) in [7, 11) is 0. The van der Waals surface area contributed by atoms with Crippen LogP contribution in [-0.4, -0.2) is 37.2 Å². The maximum absolute atomic E-state index is 12.8. The zero-order valence-electron chi connectivity index (χ0n) is 49.0. The van der Waals surface area contributed by atoms with Crippen molar-refractivity contribution < 1.29 is 28.6 Å². The van der Waals surface area contributed by atoms with Gasteiger partial charge >= 0.3 is 17.9 Å². The highest BCUT2D eigenvalue weighted by Crippen LogP contribution is 2.18. The standard InChI is InChI=1S/C66H126O6/c1-4-7-10-13-16-18-20-22-24-26-27-28-29-30-31-32-33-34-35-36-37-38-40-41-43-45-47-50-53-56-59-65(68)71-62-63(61-70-64(67)58-55-52-49-15-12-9-6-3)72-66(69)60-57-54-51-48-46-44-42-39-25-23-21-19-17-14-11-8-5-2/h23,25,63H,4-22,24,26-62H2,1-3H3/b25-23-. The number of hydrogen-bond donors (Lipinski definition) is 0. The Morgan fingerprint density at radius 2 is 0.458 bits per heavy atom. The molecule has 426 valence electrons. The van der Waals surface area contributed by atoms with Crippen LogP contribution in [0.15, 0.2) is 12.2 Å². The van der Waals surface area contributed by atoms with Crippen LogP contribution in [0, 0.1) is 0 Å². The summed E-state index contributed by atoms with van der Waals surface area (Å²) < 4.78 is 16.8. The number of carbonyl (C=O) groups excluding carboxylic acids is 3. The van der Waals surface area contributed by atoms with E-state index in [4.69, 9.17) is 14.2 Å². The molecule has 0 N–H and O–H groups in total. The molecule has 0 aromatic heterocycles. The van der Waals surface area contributed by atoms with Crippen molar-refractivity contribution in [2.75, 3.05) is 13.2 Å². The van der Waals surface area contributed by atoms with E-state index >= 15 is 0 Å². The van der Waals surface area contributed by atoms with Gasteiger partial charge in [-0.25, -0.2) is 0 Å². The van der Waals surface area contributed by atoms with Crippen LogP contribution in [0.3, 0.4) is 0 Å². The third kappa shape index (κ3) is 59.0. The van der Waals surface area contributed by atoms with Gasteiger partial charge < -0.3 is 14.2 Å². The van der Waals surface area contributed by atoms with E-state index in [1.807, 2.05) is 0 Å². The highest BCUT2D eigenvalue weighted by atomic mass is 16.6. The summed E-state index contributed by atoms with van der Waals surface area (Å²) in [5.74, 6) is -0.853. The maximum atomic E-state index is 12.8. The van der Waals surface area contributed by atoms with Crippen molar-refractivity contribution in [3.63, 3.8) is 0 Å². The Bertz CT molecular complexity index is 1120. The Hall–Kier alpha value is -1.85. The smallest absolute Gasteiger partial charge is 0.306 e. The van der Waals surface area contributed by atoms with Crippen LogP contribution < -0.4 is 0 Å². The second kappa shape index (κ2) is 61.7. The van der Waals surface area contributed by atoms with Crippen molar-refractivity contribution in [1.82, 2.24) is 0 Å². The summed E-state index contributed by atoms with van der Waals surface area (Å²) in [4.78, 5) is 38.0. The monoisotopic (exact) mass is 1010 g/mol. The van der Waals surface area contributed by atoms with Gasteiger partial charge in [0, 0.05) is 19.3 Å². The molecule has 1 atom stereocenters. The number of allylic oxidation sites excluding steroid dienone is 2. The first-order valence-electron chi connectivity index (χ1n) is 32.7. The molecule has 0 bridgehead atoms. The van der Waals surface area contributed by atoms with Gasteiger partial charge in [0.25, 0.3) is 0 Å². The average Bonchev–Trinajstić information content (AvgIpc) is 3.38. The van der Waals surface area contributed by atoms with E-state index < -0.39 is 6.10 Å². The second-order valence-corrected chi connectivity index (χ2v) is 22.4. The zero-order chi connectivity index (χ0) is 52.2. The van der Waals surface area contributed by atoms with E-state index in [0.717, 1.165) is 57.8 Å². The summed E-state index contributed by atoms with van der Waals surface area (Å²) in [5.41, 5.74) is 0. The van der Waals surface area contributed by atoms with Crippen molar-refractivity contribution in [3.05, 3.63) is 12.2 Å². The summed E-state index contributed by atoms with van der Waals surface area (Å²) in [6.07, 6.45) is 72.7. The van der Waals surface area contributed by atoms with Crippen LogP contribution in [0.1, 0.15) is 374 Å². The number of carbonyl (C=O) groups is 3. The van der Waals surface area contributed by atoms with Gasteiger partial charge in [-0.3, -0.25) is 14.4 Å². The van der Waals surface area contributed by atoms with Gasteiger partial charge in [-0.2, -0.15) is 0 Å². The fourth-order valence-electron chi connectivity index (χ4n) is 10.1. The third-order valence-corrected chi connectivity index (χ3v) is 15.0. The third-order valence-electron chi connectivity index (χ3n) is 15.0. The van der Waals surface area contributed by atoms with Gasteiger partial charge in [-0.1, -0.05) is 322 Å². The molecule has 0 rings (SSSR count). The number of rotatable bonds is 61. The lowest BCUT2D eigenvalue weighted by Gasteiger charge is -2.18. The zero-order valence-corrected chi connectivity index (χ0v) is 49.0. The molecule has 0 aromatic carbocycles. The van der Waals surface area contributed by atoms with Crippen molar-refractivity contribution in [2.24, 2.45) is 0 Å². The van der Waals surface area contributed by atoms with E-state index in [-0.39, 0.29) is 31.1 Å². The Morgan fingerprint density at radius 3 is 0.694 bits per heavy atom. The molecule has 0 aliphatic heterocycles. The molecule has 0 radical (unpaired) electrons. The van der Waals surface area contributed by atoms with Crippen LogP contribution >= 0.6 is 0 Å². The molecule has 0 saturated heterocycles. The number of unbranched alkanes of at least 4 members (excludes halogenated alkanes) is 48. The molecule has 0 saturated carbocycles. The number of ether oxygens (including phenoxy) is 3. The lowest BCUT2D eigenvalue weighted by atomic mass is 10.0. The molecule has 0 heterocycles. The van der Waals surface area contributed by atoms with Gasteiger partial charge in [-0.15, -0.1) is 0 Å². The van der Waals surface area contributed by atoms with Crippen LogP contribution in [-0.2, 0) is 28.6 Å². The first-order valence-corrected chi connectivity index (χ1v) is 32.7. The maximum Gasteiger partial charge on any atom is 0.306 e. The summed E-state index contributed by atoms with van der Waals surface area (Å²) >= 11 is 0. The van der Waals surface area contributed by atoms with E-state index in [0.29, 0.717) is 19.3 Å². The van der Waals surface area contributed by atoms with Gasteiger partial charge in [0.05, 0.1) is 0 Å². The summed E-state index contributed by atoms with van der Waals surface area (Å²) in [6.45, 7) is 6.66. The molecule has 0 fully saturated rings. The Labute approximate surface area is 450 Å². The van der Waals surface area contributed by atoms with E-state index in [2.05, 4.69) is 32.9 Å². The molecule has 6 heteroatoms. The predicted molar refractivity (Wildman–Crippen MR) is 312 cm³/mol. The van der Waals surface area contributed by atoms with Crippen LogP contribution in [0.5, 0.6) is 0 Å². The van der Waals surface area contributed by atoms with E-state index in [1.54, 1.807) is 0 Å². The lowest BCUT2D eigenvalue weighted by Crippen LogP contribution is -2.30. The Kier molecular flexibility index (Phi) is 60.1. The highest BCUT2D eigenvalue weighted by molar-refractivity contribution is 5.71. The molecule has 1 unspecified atom stereocenters. The number of hydrogen-bond acceptors (Lipinski definition) is 6. The molecule has 0 aliphatic carbocycles. The van der Waals surface area contributed by atoms with Gasteiger partial charge in [0.1, 0.15) is 13.2 Å². The molecular formula is C66H126O6. The fraction of sp³-hybridized carbons (Fsp3) is 0.924. The van der Waals surface area contributed by atoms with Crippen molar-refractivity contribution in [2.45, 2.75) is 380 Å². The molecular weight excluding hydrogens is 889 g/mol. The van der Waals surface area contributed by atoms with Crippen LogP contribution in [0.4, 0.5) is 0 Å². The lowest BCUT2D eigenvalue weighted by molar-refractivity contribution is -0.167. The average molecular weight is 1020 g/mol. The molecule has 0 aromatic rings. The van der Waals surface area contributed by atoms with E-state index in [9.17, 15) is 14.4 Å². The molecule has 0 amide bonds. The normalized spacial score (nSPS) is 12.0. The van der Waals surface area contributed by atoms with Crippen LogP contribution in [0.2, 0.25) is 0 Å². The second-order valence-electron chi connectivity index (χ2n) is 22.4. The topological polar surface area (TPSA) is 78.9 Å². The van der Waals surface area contributed by atoms with Crippen molar-refractivity contribution in [1.29, 1.82) is 0 Å². The first-order chi connectivity index (χ1) is 35.5. The first kappa shape index (κ1) is 70.1. The molecule has 0 aliphatic rings. The summed E-state index contributed by atoms with van der Waals surface area (Å²) in [6, 6.07) is 0. The quantitative estimate of drug-likeness (QED) is 0.0261. The predicted octanol–water partition coefficient (Wildman–Crippen LogP) is 22.1. The fourth-order valence-corrected chi connectivity index (χ4v) is 10.1. The van der Waals surface area contributed by atoms with Gasteiger partial charge in [0.2, 0.25) is 0 Å². The van der Waals surface area contributed by atoms with Gasteiger partial charge in [-0.05, 0) is 44.9 Å². The Morgan fingerprint density at radius 1 is 0.264 bits per heavy atom. The highest BCUT2D eigenvalue weighted by Gasteiger charge is 2.19. The minimum atomic E-state index is -0.766. The molecule has 6 nitrogen and oxygen atoms in total. The SMILES string of the molecule is CCCCCCCC/C=C\CCCCCCCCCC(=O)OC(COC(=O)CCCCCCCCC)COC(=O)CCCCCCCCCCCCCCCCCCCCCCCCCCCCCCCC. The Balaban J connectivity index is 3.98. The van der Waals surface area contributed by atoms with Crippen molar-refractivity contribution in [3.8, 4) is 0 Å². The van der Waals surface area contributed by atoms with Gasteiger partial charge in [0.15, 0.2) is 6.10 Å². The largest absolute Gasteiger partial charge is 0.462 e. The molecule has 0 spiro atoms. The van der Waals surface area contributed by atoms with Crippen LogP contribution in [0.25, 0.3) is 0 Å². The number of esters is 3. The summed E-state index contributed by atoms with van der Waals surface area (Å²) in [5, 5.41) is 0. The minimum absolute atomic E-state index is 0.0664. The minimum Gasteiger partial charge on any atom is -0.462 e. The molecule has 72 heavy (non-hydrogen) atoms.